The topological polar surface area (TPSA) is 61.4 Å². The maximum Gasteiger partial charge on any atom is 0.255 e. The van der Waals surface area contributed by atoms with Crippen LogP contribution in [0.25, 0.3) is 0 Å². The summed E-state index contributed by atoms with van der Waals surface area (Å²) in [7, 11) is 3.92. The van der Waals surface area contributed by atoms with E-state index in [9.17, 15) is 18.4 Å². The van der Waals surface area contributed by atoms with Crippen molar-refractivity contribution >= 4 is 17.5 Å². The summed E-state index contributed by atoms with van der Waals surface area (Å²) in [4.78, 5) is 26.2. The summed E-state index contributed by atoms with van der Waals surface area (Å²) in [5, 5.41) is 5.17. The Bertz CT molecular complexity index is 777. The molecule has 0 saturated heterocycles. The summed E-state index contributed by atoms with van der Waals surface area (Å²) in [5.74, 6) is -2.35. The average molecular weight is 361 g/mol. The van der Waals surface area contributed by atoms with Gasteiger partial charge < -0.3 is 15.5 Å². The van der Waals surface area contributed by atoms with Crippen LogP contribution in [-0.4, -0.2) is 43.9 Å². The molecule has 0 spiro atoms. The van der Waals surface area contributed by atoms with Crippen molar-refractivity contribution in [2.24, 2.45) is 0 Å². The van der Waals surface area contributed by atoms with E-state index in [0.29, 0.717) is 18.2 Å². The first kappa shape index (κ1) is 19.5. The fourth-order valence-corrected chi connectivity index (χ4v) is 2.26. The minimum absolute atomic E-state index is 0.112. The van der Waals surface area contributed by atoms with E-state index in [0.717, 1.165) is 25.1 Å². The van der Waals surface area contributed by atoms with E-state index in [-0.39, 0.29) is 17.2 Å². The zero-order chi connectivity index (χ0) is 19.1. The molecule has 138 valence electrons. The number of nitrogens with one attached hydrogen (secondary N) is 2. The van der Waals surface area contributed by atoms with E-state index in [1.807, 2.05) is 19.0 Å². The summed E-state index contributed by atoms with van der Waals surface area (Å²) < 4.78 is 26.5. The average Bonchev–Trinajstić information content (AvgIpc) is 2.61. The largest absolute Gasteiger partial charge is 0.352 e. The van der Waals surface area contributed by atoms with Gasteiger partial charge in [-0.05, 0) is 63.5 Å². The molecular weight excluding hydrogens is 340 g/mol. The van der Waals surface area contributed by atoms with Crippen molar-refractivity contribution < 1.29 is 18.4 Å². The van der Waals surface area contributed by atoms with Crippen molar-refractivity contribution in [3.63, 3.8) is 0 Å². The van der Waals surface area contributed by atoms with Crippen LogP contribution in [-0.2, 0) is 0 Å². The van der Waals surface area contributed by atoms with Gasteiger partial charge >= 0.3 is 0 Å². The Morgan fingerprint density at radius 2 is 1.58 bits per heavy atom. The molecule has 2 rings (SSSR count). The molecule has 2 aromatic carbocycles. The van der Waals surface area contributed by atoms with Gasteiger partial charge in [0, 0.05) is 23.7 Å². The summed E-state index contributed by atoms with van der Waals surface area (Å²) in [6.07, 6.45) is 0.836. The van der Waals surface area contributed by atoms with Crippen LogP contribution in [0.2, 0.25) is 0 Å². The summed E-state index contributed by atoms with van der Waals surface area (Å²) in [6.45, 7) is 1.43. The maximum atomic E-state index is 13.6. The predicted molar refractivity (Wildman–Crippen MR) is 96.3 cm³/mol. The van der Waals surface area contributed by atoms with Gasteiger partial charge in [-0.25, -0.2) is 8.78 Å². The SMILES string of the molecule is CN(C)CCCNC(=O)c1ccc(C(=O)Nc2ccc(F)cc2F)cc1. The fourth-order valence-electron chi connectivity index (χ4n) is 2.26. The van der Waals surface area contributed by atoms with Crippen molar-refractivity contribution in [1.82, 2.24) is 10.2 Å². The molecule has 0 fully saturated rings. The first-order valence-electron chi connectivity index (χ1n) is 8.16. The number of anilines is 1. The van der Waals surface area contributed by atoms with Gasteiger partial charge in [0.2, 0.25) is 0 Å². The van der Waals surface area contributed by atoms with Crippen molar-refractivity contribution in [1.29, 1.82) is 0 Å². The van der Waals surface area contributed by atoms with Crippen LogP contribution in [0.3, 0.4) is 0 Å². The normalized spacial score (nSPS) is 10.7. The van der Waals surface area contributed by atoms with E-state index < -0.39 is 17.5 Å². The molecule has 2 N–H and O–H groups in total. The van der Waals surface area contributed by atoms with E-state index >= 15 is 0 Å². The molecule has 0 aromatic heterocycles. The Hall–Kier alpha value is -2.80. The van der Waals surface area contributed by atoms with Crippen LogP contribution in [0.1, 0.15) is 27.1 Å². The third-order valence-electron chi connectivity index (χ3n) is 3.66. The lowest BCUT2D eigenvalue weighted by Gasteiger charge is -2.10. The van der Waals surface area contributed by atoms with Crippen molar-refractivity contribution in [3.05, 3.63) is 65.2 Å². The van der Waals surface area contributed by atoms with Crippen LogP contribution in [0, 0.1) is 11.6 Å². The van der Waals surface area contributed by atoms with Crippen molar-refractivity contribution in [2.75, 3.05) is 32.5 Å². The van der Waals surface area contributed by atoms with Crippen LogP contribution in [0.5, 0.6) is 0 Å². The van der Waals surface area contributed by atoms with E-state index in [4.69, 9.17) is 0 Å². The van der Waals surface area contributed by atoms with Gasteiger partial charge in [0.15, 0.2) is 0 Å². The number of hydrogen-bond donors (Lipinski definition) is 2. The number of hydrogen-bond acceptors (Lipinski definition) is 3. The van der Waals surface area contributed by atoms with Gasteiger partial charge in [-0.1, -0.05) is 0 Å². The third kappa shape index (κ3) is 5.63. The highest BCUT2D eigenvalue weighted by atomic mass is 19.1. The lowest BCUT2D eigenvalue weighted by molar-refractivity contribution is 0.0950. The van der Waals surface area contributed by atoms with Gasteiger partial charge in [0.25, 0.3) is 11.8 Å². The molecule has 7 heteroatoms. The smallest absolute Gasteiger partial charge is 0.255 e. The Kier molecular flexibility index (Phi) is 6.80. The first-order chi connectivity index (χ1) is 12.4. The summed E-state index contributed by atoms with van der Waals surface area (Å²) in [5.41, 5.74) is 0.580. The summed E-state index contributed by atoms with van der Waals surface area (Å²) >= 11 is 0. The zero-order valence-corrected chi connectivity index (χ0v) is 14.7. The number of nitrogens with zero attached hydrogens (tertiary/aromatic N) is 1. The second kappa shape index (κ2) is 9.05. The molecule has 0 saturated carbocycles. The van der Waals surface area contributed by atoms with Crippen LogP contribution >= 0.6 is 0 Å². The quantitative estimate of drug-likeness (QED) is 0.746. The zero-order valence-electron chi connectivity index (χ0n) is 14.7. The van der Waals surface area contributed by atoms with E-state index in [1.54, 1.807) is 0 Å². The molecular formula is C19H21F2N3O2. The Balaban J connectivity index is 1.93. The highest BCUT2D eigenvalue weighted by Crippen LogP contribution is 2.16. The second-order valence-corrected chi connectivity index (χ2v) is 6.07. The molecule has 0 bridgehead atoms. The van der Waals surface area contributed by atoms with Crippen molar-refractivity contribution in [3.8, 4) is 0 Å². The Morgan fingerprint density at radius 1 is 0.962 bits per heavy atom. The van der Waals surface area contributed by atoms with Crippen LogP contribution < -0.4 is 10.6 Å². The number of carbonyl (C=O) groups excluding carboxylic acids is 2. The van der Waals surface area contributed by atoms with Gasteiger partial charge in [-0.3, -0.25) is 9.59 Å². The van der Waals surface area contributed by atoms with Crippen LogP contribution in [0.15, 0.2) is 42.5 Å². The standard InChI is InChI=1S/C19H21F2N3O2/c1-24(2)11-3-10-22-18(25)13-4-6-14(7-5-13)19(26)23-17-9-8-15(20)12-16(17)21/h4-9,12H,3,10-11H2,1-2H3,(H,22,25)(H,23,26). The maximum absolute atomic E-state index is 13.6. The predicted octanol–water partition coefficient (Wildman–Crippen LogP) is 2.90. The summed E-state index contributed by atoms with van der Waals surface area (Å²) in [6, 6.07) is 8.91. The van der Waals surface area contributed by atoms with E-state index in [2.05, 4.69) is 10.6 Å². The Morgan fingerprint density at radius 3 is 2.15 bits per heavy atom. The molecule has 0 heterocycles. The molecule has 0 aliphatic rings. The number of carbonyl (C=O) groups is 2. The molecule has 0 atom stereocenters. The first-order valence-corrected chi connectivity index (χ1v) is 8.16. The number of benzene rings is 2. The minimum Gasteiger partial charge on any atom is -0.352 e. The molecule has 0 aliphatic heterocycles. The lowest BCUT2D eigenvalue weighted by Crippen LogP contribution is -2.27. The molecule has 5 nitrogen and oxygen atoms in total. The minimum atomic E-state index is -0.855. The van der Waals surface area contributed by atoms with Gasteiger partial charge in [0.1, 0.15) is 11.6 Å². The molecule has 0 radical (unpaired) electrons. The monoisotopic (exact) mass is 361 g/mol. The number of halogens is 2. The van der Waals surface area contributed by atoms with Gasteiger partial charge in [-0.15, -0.1) is 0 Å². The highest BCUT2D eigenvalue weighted by Gasteiger charge is 2.11. The molecule has 2 amide bonds. The van der Waals surface area contributed by atoms with Gasteiger partial charge in [-0.2, -0.15) is 0 Å². The molecule has 0 unspecified atom stereocenters. The van der Waals surface area contributed by atoms with Crippen LogP contribution in [0.4, 0.5) is 14.5 Å². The molecule has 26 heavy (non-hydrogen) atoms. The molecule has 2 aromatic rings. The number of amides is 2. The fraction of sp³-hybridized carbons (Fsp3) is 0.263. The lowest BCUT2D eigenvalue weighted by atomic mass is 10.1. The van der Waals surface area contributed by atoms with Crippen molar-refractivity contribution in [2.45, 2.75) is 6.42 Å². The third-order valence-corrected chi connectivity index (χ3v) is 3.66. The number of rotatable bonds is 7. The second-order valence-electron chi connectivity index (χ2n) is 6.07. The Labute approximate surface area is 151 Å². The van der Waals surface area contributed by atoms with Gasteiger partial charge in [0.05, 0.1) is 5.69 Å². The molecule has 0 aliphatic carbocycles. The highest BCUT2D eigenvalue weighted by molar-refractivity contribution is 6.05. The van der Waals surface area contributed by atoms with E-state index in [1.165, 1.54) is 24.3 Å².